The third-order valence-electron chi connectivity index (χ3n) is 7.50. The molecule has 4 rings (SSSR count). The number of para-hydroxylation sites is 1. The van der Waals surface area contributed by atoms with Gasteiger partial charge in [0.25, 0.3) is 0 Å². The Labute approximate surface area is 266 Å². The van der Waals surface area contributed by atoms with Crippen molar-refractivity contribution < 1.29 is 23.9 Å². The first kappa shape index (κ1) is 33.0. The Hall–Kier alpha value is -4.91. The number of anilines is 1. The largest absolute Gasteiger partial charge is 0.494 e. The van der Waals surface area contributed by atoms with Crippen LogP contribution in [0.5, 0.6) is 5.75 Å². The summed E-state index contributed by atoms with van der Waals surface area (Å²) in [7, 11) is 1.35. The van der Waals surface area contributed by atoms with Crippen LogP contribution in [0.15, 0.2) is 103 Å². The van der Waals surface area contributed by atoms with Crippen LogP contribution in [0.25, 0.3) is 0 Å². The van der Waals surface area contributed by atoms with Crippen LogP contribution in [0, 0.1) is 6.92 Å². The number of rotatable bonds is 16. The minimum atomic E-state index is -0.702. The van der Waals surface area contributed by atoms with Crippen LogP contribution >= 0.6 is 0 Å². The van der Waals surface area contributed by atoms with Crippen molar-refractivity contribution in [3.8, 4) is 5.75 Å². The Morgan fingerprint density at radius 1 is 0.844 bits per heavy atom. The average Bonchev–Trinajstić information content (AvgIpc) is 3.06. The number of ether oxygens (including phenoxy) is 2. The molecule has 0 aliphatic heterocycles. The van der Waals surface area contributed by atoms with Crippen molar-refractivity contribution in [3.63, 3.8) is 0 Å². The zero-order valence-electron chi connectivity index (χ0n) is 26.3. The van der Waals surface area contributed by atoms with Crippen molar-refractivity contribution in [1.29, 1.82) is 0 Å². The van der Waals surface area contributed by atoms with Gasteiger partial charge in [-0.2, -0.15) is 0 Å². The van der Waals surface area contributed by atoms with Crippen molar-refractivity contribution in [1.82, 2.24) is 4.90 Å². The Kier molecular flexibility index (Phi) is 12.3. The molecule has 234 valence electrons. The number of nitrogens with one attached hydrogen (secondary N) is 1. The molecule has 7 nitrogen and oxygen atoms in total. The molecule has 4 aromatic carbocycles. The second-order valence-corrected chi connectivity index (χ2v) is 11.1. The Bertz CT molecular complexity index is 1550. The number of esters is 1. The van der Waals surface area contributed by atoms with E-state index in [1.165, 1.54) is 12.7 Å². The highest BCUT2D eigenvalue weighted by atomic mass is 16.5. The molecule has 0 saturated carbocycles. The van der Waals surface area contributed by atoms with E-state index >= 15 is 0 Å². The molecule has 45 heavy (non-hydrogen) atoms. The number of benzene rings is 4. The zero-order chi connectivity index (χ0) is 32.0. The van der Waals surface area contributed by atoms with Gasteiger partial charge < -0.3 is 19.7 Å². The first-order valence-electron chi connectivity index (χ1n) is 15.5. The van der Waals surface area contributed by atoms with Crippen LogP contribution in [-0.2, 0) is 27.3 Å². The van der Waals surface area contributed by atoms with Crippen LogP contribution in [0.1, 0.15) is 58.8 Å². The first-order chi connectivity index (χ1) is 21.9. The van der Waals surface area contributed by atoms with Crippen molar-refractivity contribution >= 4 is 23.3 Å². The van der Waals surface area contributed by atoms with Crippen LogP contribution in [0.4, 0.5) is 5.69 Å². The van der Waals surface area contributed by atoms with E-state index in [4.69, 9.17) is 9.47 Å². The molecule has 7 heteroatoms. The molecule has 1 amide bonds. The van der Waals surface area contributed by atoms with Crippen LogP contribution < -0.4 is 10.1 Å². The second-order valence-electron chi connectivity index (χ2n) is 11.1. The van der Waals surface area contributed by atoms with E-state index in [2.05, 4.69) is 30.4 Å². The third-order valence-corrected chi connectivity index (χ3v) is 7.50. The van der Waals surface area contributed by atoms with E-state index in [-0.39, 0.29) is 11.7 Å². The molecule has 0 saturated heterocycles. The first-order valence-corrected chi connectivity index (χ1v) is 15.5. The monoisotopic (exact) mass is 606 g/mol. The molecule has 0 heterocycles. The highest BCUT2D eigenvalue weighted by Crippen LogP contribution is 2.22. The topological polar surface area (TPSA) is 84.9 Å². The second kappa shape index (κ2) is 16.8. The molecular formula is C38H42N2O5. The van der Waals surface area contributed by atoms with Gasteiger partial charge in [0.1, 0.15) is 11.8 Å². The number of hydrogen-bond acceptors (Lipinski definition) is 6. The maximum Gasteiger partial charge on any atom is 0.328 e. The summed E-state index contributed by atoms with van der Waals surface area (Å²) in [5.74, 6) is 0.316. The van der Waals surface area contributed by atoms with E-state index in [1.807, 2.05) is 66.4 Å². The normalized spacial score (nSPS) is 11.4. The maximum atomic E-state index is 13.2. The number of methoxy groups -OCH3 is 1. The Balaban J connectivity index is 1.34. The maximum absolute atomic E-state index is 13.2. The molecule has 4 aromatic rings. The van der Waals surface area contributed by atoms with Gasteiger partial charge in [0.05, 0.1) is 13.7 Å². The quantitative estimate of drug-likeness (QED) is 0.0838. The molecule has 0 aliphatic carbocycles. The molecule has 1 unspecified atom stereocenters. The molecule has 1 N–H and O–H groups in total. The fourth-order valence-electron chi connectivity index (χ4n) is 5.17. The van der Waals surface area contributed by atoms with Gasteiger partial charge in [-0.3, -0.25) is 9.59 Å². The van der Waals surface area contributed by atoms with Crippen molar-refractivity contribution in [3.05, 3.63) is 131 Å². The van der Waals surface area contributed by atoms with Gasteiger partial charge in [-0.15, -0.1) is 0 Å². The van der Waals surface area contributed by atoms with E-state index in [0.29, 0.717) is 61.5 Å². The van der Waals surface area contributed by atoms with E-state index in [9.17, 15) is 14.4 Å². The lowest BCUT2D eigenvalue weighted by Crippen LogP contribution is -2.33. The predicted molar refractivity (Wildman–Crippen MR) is 178 cm³/mol. The number of hydrogen-bond donors (Lipinski definition) is 1. The molecule has 0 fully saturated rings. The number of carbonyl (C=O) groups is 3. The van der Waals surface area contributed by atoms with Gasteiger partial charge in [-0.25, -0.2) is 4.79 Å². The van der Waals surface area contributed by atoms with Gasteiger partial charge in [-0.05, 0) is 55.2 Å². The summed E-state index contributed by atoms with van der Waals surface area (Å²) >= 11 is 0. The minimum Gasteiger partial charge on any atom is -0.494 e. The Morgan fingerprint density at radius 3 is 2.29 bits per heavy atom. The SMILES string of the molecule is CCCC(=O)N(CCCOc1ccc(CC(Nc2ccccc2C(=O)c2ccccc2)C(=O)OC)cc1)Cc1cccc(C)c1. The lowest BCUT2D eigenvalue weighted by molar-refractivity contribution is -0.141. The van der Waals surface area contributed by atoms with Crippen LogP contribution in [-0.4, -0.2) is 48.9 Å². The summed E-state index contributed by atoms with van der Waals surface area (Å²) in [4.78, 5) is 40.6. The van der Waals surface area contributed by atoms with Gasteiger partial charge in [0, 0.05) is 42.7 Å². The molecule has 0 bridgehead atoms. The summed E-state index contributed by atoms with van der Waals surface area (Å²) in [6.45, 7) is 5.76. The van der Waals surface area contributed by atoms with Crippen molar-refractivity contribution in [2.24, 2.45) is 0 Å². The molecular weight excluding hydrogens is 564 g/mol. The van der Waals surface area contributed by atoms with Crippen molar-refractivity contribution in [2.45, 2.75) is 52.1 Å². The molecule has 0 radical (unpaired) electrons. The van der Waals surface area contributed by atoms with Gasteiger partial charge in [0.15, 0.2) is 5.78 Å². The lowest BCUT2D eigenvalue weighted by Gasteiger charge is -2.23. The fraction of sp³-hybridized carbons (Fsp3) is 0.289. The lowest BCUT2D eigenvalue weighted by atomic mass is 10.00. The molecule has 1 atom stereocenters. The van der Waals surface area contributed by atoms with Gasteiger partial charge in [0.2, 0.25) is 5.91 Å². The van der Waals surface area contributed by atoms with Crippen LogP contribution in [0.3, 0.4) is 0 Å². The average molecular weight is 607 g/mol. The Morgan fingerprint density at radius 2 is 1.58 bits per heavy atom. The predicted octanol–water partition coefficient (Wildman–Crippen LogP) is 7.02. The van der Waals surface area contributed by atoms with E-state index in [0.717, 1.165) is 17.5 Å². The summed E-state index contributed by atoms with van der Waals surface area (Å²) in [6, 6.07) is 31.4. The summed E-state index contributed by atoms with van der Waals surface area (Å²) in [6.07, 6.45) is 2.41. The molecule has 0 aromatic heterocycles. The smallest absolute Gasteiger partial charge is 0.328 e. The number of carbonyl (C=O) groups excluding carboxylic acids is 3. The number of ketones is 1. The number of aryl methyl sites for hydroxylation is 1. The highest BCUT2D eigenvalue weighted by molar-refractivity contribution is 6.12. The minimum absolute atomic E-state index is 0.128. The summed E-state index contributed by atoms with van der Waals surface area (Å²) < 4.78 is 11.1. The van der Waals surface area contributed by atoms with Crippen LogP contribution in [0.2, 0.25) is 0 Å². The number of nitrogens with zero attached hydrogens (tertiary/aromatic N) is 1. The molecule has 0 spiro atoms. The summed E-state index contributed by atoms with van der Waals surface area (Å²) in [5.41, 5.74) is 4.83. The zero-order valence-corrected chi connectivity index (χ0v) is 26.3. The van der Waals surface area contributed by atoms with Gasteiger partial charge in [-0.1, -0.05) is 91.3 Å². The van der Waals surface area contributed by atoms with Gasteiger partial charge >= 0.3 is 5.97 Å². The fourth-order valence-corrected chi connectivity index (χ4v) is 5.17. The standard InChI is InChI=1S/C38H42N2O5/c1-4-12-36(41)40(27-30-14-10-13-28(2)25-30)23-11-24-45-32-21-19-29(20-22-32)26-35(38(43)44-3)39-34-18-9-8-17-33(34)37(42)31-15-6-5-7-16-31/h5-10,13-22,25,35,39H,4,11-12,23-24,26-27H2,1-3H3. The third kappa shape index (κ3) is 9.80. The van der Waals surface area contributed by atoms with E-state index in [1.54, 1.807) is 30.3 Å². The molecule has 0 aliphatic rings. The van der Waals surface area contributed by atoms with E-state index < -0.39 is 12.0 Å². The highest BCUT2D eigenvalue weighted by Gasteiger charge is 2.23. The number of amides is 1. The summed E-state index contributed by atoms with van der Waals surface area (Å²) in [5, 5.41) is 3.24. The van der Waals surface area contributed by atoms with Crippen molar-refractivity contribution in [2.75, 3.05) is 25.6 Å².